The minimum Gasteiger partial charge on any atom is -0.324 e. The Morgan fingerprint density at radius 2 is 1.83 bits per heavy atom. The Hall–Kier alpha value is -1.91. The first-order valence-electron chi connectivity index (χ1n) is 7.85. The Morgan fingerprint density at radius 1 is 1.09 bits per heavy atom. The molecule has 3 nitrogen and oxygen atoms in total. The molecule has 0 fully saturated rings. The molecule has 23 heavy (non-hydrogen) atoms. The summed E-state index contributed by atoms with van der Waals surface area (Å²) in [5.41, 5.74) is 3.51. The monoisotopic (exact) mass is 371 g/mol. The quantitative estimate of drug-likeness (QED) is 0.850. The van der Waals surface area contributed by atoms with E-state index in [1.54, 1.807) is 0 Å². The first-order valence-corrected chi connectivity index (χ1v) is 8.64. The number of hydrogen-bond donors (Lipinski definition) is 2. The fourth-order valence-electron chi connectivity index (χ4n) is 2.84. The van der Waals surface area contributed by atoms with Crippen molar-refractivity contribution in [2.45, 2.75) is 6.42 Å². The van der Waals surface area contributed by atoms with Crippen LogP contribution in [0, 0.1) is 0 Å². The number of anilines is 1. The van der Waals surface area contributed by atoms with Gasteiger partial charge in [0.05, 0.1) is 18.8 Å². The van der Waals surface area contributed by atoms with Gasteiger partial charge in [-0.15, -0.1) is 0 Å². The van der Waals surface area contributed by atoms with Crippen molar-refractivity contribution in [2.75, 3.05) is 25.0 Å². The van der Waals surface area contributed by atoms with Gasteiger partial charge in [-0.3, -0.25) is 4.79 Å². The molecule has 4 heteroatoms. The predicted octanol–water partition coefficient (Wildman–Crippen LogP) is 2.76. The molecular formula is C19H20BrN2O+. The maximum Gasteiger partial charge on any atom is 0.279 e. The number of quaternary nitrogens is 1. The van der Waals surface area contributed by atoms with Crippen LogP contribution in [0.1, 0.15) is 12.0 Å². The average Bonchev–Trinajstić information content (AvgIpc) is 2.58. The highest BCUT2D eigenvalue weighted by Gasteiger charge is 2.19. The largest absolute Gasteiger partial charge is 0.324 e. The lowest BCUT2D eigenvalue weighted by atomic mass is 10.00. The number of para-hydroxylation sites is 1. The third-order valence-corrected chi connectivity index (χ3v) is 4.78. The van der Waals surface area contributed by atoms with Gasteiger partial charge in [0.25, 0.3) is 5.91 Å². The third-order valence-electron chi connectivity index (χ3n) is 4.09. The van der Waals surface area contributed by atoms with E-state index in [4.69, 9.17) is 0 Å². The summed E-state index contributed by atoms with van der Waals surface area (Å²) in [7, 11) is 0. The minimum absolute atomic E-state index is 0.0588. The lowest BCUT2D eigenvalue weighted by molar-refractivity contribution is -0.886. The van der Waals surface area contributed by atoms with E-state index in [0.717, 1.165) is 29.7 Å². The summed E-state index contributed by atoms with van der Waals surface area (Å²) < 4.78 is 0.910. The second-order valence-corrected chi connectivity index (χ2v) is 6.61. The lowest BCUT2D eigenvalue weighted by Gasteiger charge is -2.23. The molecule has 2 N–H and O–H groups in total. The second kappa shape index (κ2) is 7.57. The van der Waals surface area contributed by atoms with Crippen molar-refractivity contribution in [1.82, 2.24) is 0 Å². The van der Waals surface area contributed by atoms with Crippen LogP contribution in [-0.2, 0) is 4.79 Å². The number of hydrogen-bond acceptors (Lipinski definition) is 1. The Balaban J connectivity index is 1.55. The molecule has 2 aromatic rings. The number of halogens is 1. The number of carbonyl (C=O) groups excluding carboxylic acids is 1. The molecule has 1 heterocycles. The van der Waals surface area contributed by atoms with Crippen molar-refractivity contribution >= 4 is 33.1 Å². The van der Waals surface area contributed by atoms with Crippen LogP contribution in [-0.4, -0.2) is 25.5 Å². The molecule has 1 aliphatic rings. The summed E-state index contributed by atoms with van der Waals surface area (Å²) >= 11 is 3.45. The van der Waals surface area contributed by atoms with E-state index < -0.39 is 0 Å². The molecule has 0 spiro atoms. The minimum atomic E-state index is 0.0588. The van der Waals surface area contributed by atoms with Crippen LogP contribution in [0.5, 0.6) is 0 Å². The van der Waals surface area contributed by atoms with Crippen LogP contribution < -0.4 is 10.2 Å². The van der Waals surface area contributed by atoms with Gasteiger partial charge >= 0.3 is 0 Å². The normalized spacial score (nSPS) is 17.4. The summed E-state index contributed by atoms with van der Waals surface area (Å²) in [5.74, 6) is 0.0588. The van der Waals surface area contributed by atoms with E-state index in [0.29, 0.717) is 6.54 Å². The van der Waals surface area contributed by atoms with Crippen molar-refractivity contribution in [3.05, 3.63) is 70.7 Å². The zero-order chi connectivity index (χ0) is 16.1. The Kier molecular flexibility index (Phi) is 5.26. The predicted molar refractivity (Wildman–Crippen MR) is 97.4 cm³/mol. The van der Waals surface area contributed by atoms with Crippen molar-refractivity contribution in [3.8, 4) is 0 Å². The topological polar surface area (TPSA) is 33.5 Å². The van der Waals surface area contributed by atoms with Gasteiger partial charge in [-0.05, 0) is 45.3 Å². The van der Waals surface area contributed by atoms with Crippen LogP contribution >= 0.6 is 15.9 Å². The van der Waals surface area contributed by atoms with Gasteiger partial charge in [0.2, 0.25) is 0 Å². The third kappa shape index (κ3) is 4.30. The van der Waals surface area contributed by atoms with Crippen molar-refractivity contribution in [2.24, 2.45) is 0 Å². The smallest absolute Gasteiger partial charge is 0.279 e. The molecular weight excluding hydrogens is 352 g/mol. The number of rotatable bonds is 4. The fourth-order valence-corrected chi connectivity index (χ4v) is 3.23. The molecule has 1 amide bonds. The fraction of sp³-hybridized carbons (Fsp3) is 0.211. The highest BCUT2D eigenvalue weighted by atomic mass is 79.9. The molecule has 3 rings (SSSR count). The molecule has 1 aliphatic heterocycles. The van der Waals surface area contributed by atoms with Crippen LogP contribution in [0.25, 0.3) is 5.57 Å². The number of nitrogens with one attached hydrogen (secondary N) is 2. The van der Waals surface area contributed by atoms with Gasteiger partial charge in [0, 0.05) is 10.9 Å². The van der Waals surface area contributed by atoms with E-state index in [2.05, 4.69) is 51.6 Å². The molecule has 0 saturated carbocycles. The summed E-state index contributed by atoms with van der Waals surface area (Å²) in [6, 6.07) is 18.2. The van der Waals surface area contributed by atoms with Crippen LogP contribution in [0.3, 0.4) is 0 Å². The molecule has 1 atom stereocenters. The van der Waals surface area contributed by atoms with Crippen molar-refractivity contribution < 1.29 is 9.69 Å². The average molecular weight is 372 g/mol. The van der Waals surface area contributed by atoms with E-state index in [9.17, 15) is 4.79 Å². The van der Waals surface area contributed by atoms with E-state index in [-0.39, 0.29) is 5.91 Å². The molecule has 0 radical (unpaired) electrons. The SMILES string of the molecule is O=C(C[NH+]1CC=C(c2ccccc2)CC1)Nc1ccccc1Br. The van der Waals surface area contributed by atoms with Gasteiger partial charge in [-0.2, -0.15) is 0 Å². The zero-order valence-corrected chi connectivity index (χ0v) is 14.5. The Labute approximate surface area is 145 Å². The van der Waals surface area contributed by atoms with Gasteiger partial charge in [-0.25, -0.2) is 0 Å². The number of benzene rings is 2. The van der Waals surface area contributed by atoms with Crippen molar-refractivity contribution in [3.63, 3.8) is 0 Å². The lowest BCUT2D eigenvalue weighted by Crippen LogP contribution is -3.13. The molecule has 2 aromatic carbocycles. The van der Waals surface area contributed by atoms with E-state index in [1.165, 1.54) is 16.0 Å². The zero-order valence-electron chi connectivity index (χ0n) is 12.9. The van der Waals surface area contributed by atoms with Crippen LogP contribution in [0.2, 0.25) is 0 Å². The number of amides is 1. The Bertz CT molecular complexity index is 712. The highest BCUT2D eigenvalue weighted by Crippen LogP contribution is 2.21. The van der Waals surface area contributed by atoms with Gasteiger partial charge < -0.3 is 10.2 Å². The number of carbonyl (C=O) groups is 1. The van der Waals surface area contributed by atoms with E-state index >= 15 is 0 Å². The summed E-state index contributed by atoms with van der Waals surface area (Å²) in [6.07, 6.45) is 3.28. The molecule has 0 bridgehead atoms. The van der Waals surface area contributed by atoms with Gasteiger partial charge in [0.15, 0.2) is 6.54 Å². The summed E-state index contributed by atoms with van der Waals surface area (Å²) in [5, 5.41) is 2.97. The standard InChI is InChI=1S/C19H19BrN2O/c20-17-8-4-5-9-18(17)21-19(23)14-22-12-10-16(11-13-22)15-6-2-1-3-7-15/h1-10H,11-14H2,(H,21,23)/p+1. The highest BCUT2D eigenvalue weighted by molar-refractivity contribution is 9.10. The van der Waals surface area contributed by atoms with Gasteiger partial charge in [0.1, 0.15) is 0 Å². The van der Waals surface area contributed by atoms with Crippen LogP contribution in [0.15, 0.2) is 65.1 Å². The summed E-state index contributed by atoms with van der Waals surface area (Å²) in [6.45, 7) is 2.39. The first kappa shape index (κ1) is 16.0. The molecule has 0 aliphatic carbocycles. The molecule has 1 unspecified atom stereocenters. The van der Waals surface area contributed by atoms with Crippen molar-refractivity contribution in [1.29, 1.82) is 0 Å². The summed E-state index contributed by atoms with van der Waals surface area (Å²) in [4.78, 5) is 13.5. The molecule has 0 saturated heterocycles. The molecule has 118 valence electrons. The van der Waals surface area contributed by atoms with Crippen LogP contribution in [0.4, 0.5) is 5.69 Å². The maximum absolute atomic E-state index is 12.2. The van der Waals surface area contributed by atoms with E-state index in [1.807, 2.05) is 30.3 Å². The first-order chi connectivity index (χ1) is 11.2. The van der Waals surface area contributed by atoms with Gasteiger partial charge in [-0.1, -0.05) is 42.5 Å². The second-order valence-electron chi connectivity index (χ2n) is 5.75. The molecule has 0 aromatic heterocycles. The maximum atomic E-state index is 12.2. The Morgan fingerprint density at radius 3 is 2.52 bits per heavy atom.